The second-order valence-electron chi connectivity index (χ2n) is 5.45. The van der Waals surface area contributed by atoms with E-state index in [1.165, 1.54) is 0 Å². The number of carbonyl (C=O) groups is 1. The molecule has 0 bridgehead atoms. The minimum Gasteiger partial charge on any atom is -0.493 e. The van der Waals surface area contributed by atoms with Crippen LogP contribution in [0.15, 0.2) is 36.4 Å². The largest absolute Gasteiger partial charge is 0.493 e. The topological polar surface area (TPSA) is 66.0 Å². The highest BCUT2D eigenvalue weighted by molar-refractivity contribution is 6.32. The summed E-state index contributed by atoms with van der Waals surface area (Å²) in [6.07, 6.45) is 0. The number of benzene rings is 2. The number of rotatable bonds is 9. The number of halogens is 1. The number of anilines is 1. The van der Waals surface area contributed by atoms with Gasteiger partial charge in [0.2, 0.25) is 0 Å². The molecule has 0 radical (unpaired) electrons. The molecular formula is C19H22ClNO5. The van der Waals surface area contributed by atoms with E-state index in [4.69, 9.17) is 30.5 Å². The van der Waals surface area contributed by atoms with E-state index < -0.39 is 0 Å². The van der Waals surface area contributed by atoms with E-state index >= 15 is 0 Å². The van der Waals surface area contributed by atoms with Gasteiger partial charge in [-0.15, -0.1) is 0 Å². The molecular weight excluding hydrogens is 358 g/mol. The summed E-state index contributed by atoms with van der Waals surface area (Å²) in [5, 5.41) is 3.15. The minimum absolute atomic E-state index is 0.177. The number of methoxy groups -OCH3 is 2. The molecule has 0 heterocycles. The highest BCUT2D eigenvalue weighted by Gasteiger charge is 2.13. The molecule has 0 atom stereocenters. The van der Waals surface area contributed by atoms with Crippen molar-refractivity contribution in [1.82, 2.24) is 0 Å². The van der Waals surface area contributed by atoms with Crippen LogP contribution in [0.2, 0.25) is 5.02 Å². The predicted octanol–water partition coefficient (Wildman–Crippen LogP) is 3.70. The molecule has 0 aliphatic rings. The Morgan fingerprint density at radius 1 is 1.08 bits per heavy atom. The van der Waals surface area contributed by atoms with Gasteiger partial charge in [-0.3, -0.25) is 4.79 Å². The molecule has 1 amide bonds. The molecule has 0 unspecified atom stereocenters. The van der Waals surface area contributed by atoms with Gasteiger partial charge in [-0.25, -0.2) is 0 Å². The number of aryl methyl sites for hydroxylation is 1. The fourth-order valence-electron chi connectivity index (χ4n) is 2.20. The zero-order chi connectivity index (χ0) is 18.9. The zero-order valence-corrected chi connectivity index (χ0v) is 15.8. The summed E-state index contributed by atoms with van der Waals surface area (Å²) < 4.78 is 21.4. The first kappa shape index (κ1) is 19.9. The predicted molar refractivity (Wildman–Crippen MR) is 101 cm³/mol. The third-order valence-electron chi connectivity index (χ3n) is 3.45. The van der Waals surface area contributed by atoms with Crippen LogP contribution >= 0.6 is 11.6 Å². The van der Waals surface area contributed by atoms with E-state index in [1.807, 2.05) is 19.1 Å². The normalized spacial score (nSPS) is 10.3. The van der Waals surface area contributed by atoms with Crippen LogP contribution in [0.4, 0.5) is 5.69 Å². The molecule has 26 heavy (non-hydrogen) atoms. The lowest BCUT2D eigenvalue weighted by molar-refractivity contribution is -0.118. The molecule has 6 nitrogen and oxygen atoms in total. The van der Waals surface area contributed by atoms with Gasteiger partial charge in [0.1, 0.15) is 6.61 Å². The Bertz CT molecular complexity index is 751. The summed E-state index contributed by atoms with van der Waals surface area (Å²) >= 11 is 6.15. The van der Waals surface area contributed by atoms with Gasteiger partial charge in [0.25, 0.3) is 5.91 Å². The van der Waals surface area contributed by atoms with Crippen LogP contribution < -0.4 is 19.5 Å². The highest BCUT2D eigenvalue weighted by atomic mass is 35.5. The van der Waals surface area contributed by atoms with Crippen LogP contribution in [0, 0.1) is 6.92 Å². The molecule has 0 aliphatic heterocycles. The molecule has 2 aromatic rings. The molecule has 0 aromatic heterocycles. The molecule has 0 aliphatic carbocycles. The van der Waals surface area contributed by atoms with Gasteiger partial charge in [0.05, 0.1) is 24.4 Å². The molecule has 0 saturated heterocycles. The fourth-order valence-corrected chi connectivity index (χ4v) is 2.43. The molecule has 2 rings (SSSR count). The summed E-state index contributed by atoms with van der Waals surface area (Å²) in [7, 11) is 3.13. The lowest BCUT2D eigenvalue weighted by Crippen LogP contribution is -2.21. The monoisotopic (exact) mass is 379 g/mol. The van der Waals surface area contributed by atoms with Gasteiger partial charge in [0, 0.05) is 7.11 Å². The number of amides is 1. The van der Waals surface area contributed by atoms with Crippen molar-refractivity contribution in [2.75, 3.05) is 39.4 Å². The number of ether oxygens (including phenoxy) is 4. The van der Waals surface area contributed by atoms with Crippen molar-refractivity contribution < 1.29 is 23.7 Å². The second-order valence-corrected chi connectivity index (χ2v) is 5.86. The smallest absolute Gasteiger partial charge is 0.262 e. The maximum atomic E-state index is 12.2. The van der Waals surface area contributed by atoms with E-state index in [0.717, 1.165) is 5.56 Å². The van der Waals surface area contributed by atoms with E-state index in [1.54, 1.807) is 38.5 Å². The van der Waals surface area contributed by atoms with Crippen LogP contribution in [0.5, 0.6) is 17.2 Å². The first-order valence-corrected chi connectivity index (χ1v) is 8.40. The Kier molecular flexibility index (Phi) is 7.56. The first-order chi connectivity index (χ1) is 12.5. The summed E-state index contributed by atoms with van der Waals surface area (Å²) in [5.41, 5.74) is 1.51. The molecule has 0 saturated carbocycles. The van der Waals surface area contributed by atoms with Crippen molar-refractivity contribution in [3.8, 4) is 17.2 Å². The fraction of sp³-hybridized carbons (Fsp3) is 0.316. The van der Waals surface area contributed by atoms with Crippen LogP contribution in [0.1, 0.15) is 5.56 Å². The van der Waals surface area contributed by atoms with Gasteiger partial charge >= 0.3 is 0 Å². The highest BCUT2D eigenvalue weighted by Crippen LogP contribution is 2.33. The maximum Gasteiger partial charge on any atom is 0.262 e. The van der Waals surface area contributed by atoms with Gasteiger partial charge in [-0.05, 0) is 36.8 Å². The summed E-state index contributed by atoms with van der Waals surface area (Å²) in [6, 6.07) is 10.6. The maximum absolute atomic E-state index is 12.2. The first-order valence-electron chi connectivity index (χ1n) is 8.02. The zero-order valence-electron chi connectivity index (χ0n) is 15.0. The second kappa shape index (κ2) is 9.89. The van der Waals surface area contributed by atoms with Crippen LogP contribution in [0.25, 0.3) is 0 Å². The lowest BCUT2D eigenvalue weighted by atomic mass is 10.2. The average molecular weight is 380 g/mol. The Morgan fingerprint density at radius 2 is 1.88 bits per heavy atom. The third kappa shape index (κ3) is 5.54. The van der Waals surface area contributed by atoms with E-state index in [-0.39, 0.29) is 12.5 Å². The van der Waals surface area contributed by atoms with Crippen LogP contribution in [-0.4, -0.2) is 39.9 Å². The van der Waals surface area contributed by atoms with Gasteiger partial charge in [-0.1, -0.05) is 23.7 Å². The van der Waals surface area contributed by atoms with Crippen molar-refractivity contribution >= 4 is 23.2 Å². The van der Waals surface area contributed by atoms with Crippen LogP contribution in [-0.2, 0) is 9.53 Å². The molecule has 7 heteroatoms. The van der Waals surface area contributed by atoms with Crippen LogP contribution in [0.3, 0.4) is 0 Å². The summed E-state index contributed by atoms with van der Waals surface area (Å²) in [5.74, 6) is 1.12. The van der Waals surface area contributed by atoms with E-state index in [9.17, 15) is 4.79 Å². The summed E-state index contributed by atoms with van der Waals surface area (Å²) in [6.45, 7) is 2.50. The molecule has 0 spiro atoms. The Morgan fingerprint density at radius 3 is 2.62 bits per heavy atom. The number of carbonyl (C=O) groups excluding carboxylic acids is 1. The van der Waals surface area contributed by atoms with E-state index in [2.05, 4.69) is 5.32 Å². The van der Waals surface area contributed by atoms with Gasteiger partial charge in [0.15, 0.2) is 23.9 Å². The van der Waals surface area contributed by atoms with Crippen molar-refractivity contribution in [3.63, 3.8) is 0 Å². The standard InChI is InChI=1S/C19H22ClNO5/c1-13-7-8-16(17(11-13)24-3)26-12-18(22)21-15-6-4-5-14(20)19(15)25-10-9-23-2/h4-8,11H,9-10,12H2,1-3H3,(H,21,22). The van der Waals surface area contributed by atoms with Gasteiger partial charge in [-0.2, -0.15) is 0 Å². The number of hydrogen-bond donors (Lipinski definition) is 1. The van der Waals surface area contributed by atoms with Crippen molar-refractivity contribution in [1.29, 1.82) is 0 Å². The molecule has 0 fully saturated rings. The van der Waals surface area contributed by atoms with Crippen molar-refractivity contribution in [3.05, 3.63) is 47.0 Å². The average Bonchev–Trinajstić information content (AvgIpc) is 2.63. The lowest BCUT2D eigenvalue weighted by Gasteiger charge is -2.15. The molecule has 140 valence electrons. The Balaban J connectivity index is 2.01. The summed E-state index contributed by atoms with van der Waals surface area (Å²) in [4.78, 5) is 12.2. The Hall–Kier alpha value is -2.44. The minimum atomic E-state index is -0.341. The number of hydrogen-bond acceptors (Lipinski definition) is 5. The number of para-hydroxylation sites is 1. The third-order valence-corrected chi connectivity index (χ3v) is 3.75. The SMILES string of the molecule is COCCOc1c(Cl)cccc1NC(=O)COc1ccc(C)cc1OC. The van der Waals surface area contributed by atoms with E-state index in [0.29, 0.717) is 41.2 Å². The van der Waals surface area contributed by atoms with Crippen molar-refractivity contribution in [2.24, 2.45) is 0 Å². The Labute approximate surface area is 158 Å². The quantitative estimate of drug-likeness (QED) is 0.673. The molecule has 1 N–H and O–H groups in total. The van der Waals surface area contributed by atoms with Gasteiger partial charge < -0.3 is 24.3 Å². The van der Waals surface area contributed by atoms with Crippen molar-refractivity contribution in [2.45, 2.75) is 6.92 Å². The molecule has 2 aromatic carbocycles. The number of nitrogens with one attached hydrogen (secondary N) is 1.